The molecule has 1 aliphatic carbocycles. The van der Waals surface area contributed by atoms with Gasteiger partial charge in [0.2, 0.25) is 0 Å². The second kappa shape index (κ2) is 6.44. The normalized spacial score (nSPS) is 15.3. The second-order valence-electron chi connectivity index (χ2n) is 7.53. The van der Waals surface area contributed by atoms with Crippen LogP contribution >= 0.6 is 0 Å². The number of aromatic nitrogens is 1. The lowest BCUT2D eigenvalue weighted by molar-refractivity contribution is 0.0909. The number of benzene rings is 1. The number of Topliss-reactive ketones (excluding diaryl/α,β-unsaturated/α-hetero) is 1. The van der Waals surface area contributed by atoms with E-state index in [1.165, 1.54) is 0 Å². The van der Waals surface area contributed by atoms with Crippen LogP contribution in [-0.2, 0) is 6.42 Å². The highest BCUT2D eigenvalue weighted by Crippen LogP contribution is 2.36. The van der Waals surface area contributed by atoms with Gasteiger partial charge in [0, 0.05) is 36.0 Å². The Morgan fingerprint density at radius 2 is 1.88 bits per heavy atom. The fourth-order valence-corrected chi connectivity index (χ4v) is 3.54. The van der Waals surface area contributed by atoms with Gasteiger partial charge in [0.25, 0.3) is 11.8 Å². The molecular weight excluding hydrogens is 330 g/mol. The molecule has 3 N–H and O–H groups in total. The van der Waals surface area contributed by atoms with Gasteiger partial charge in [-0.05, 0) is 42.5 Å². The molecule has 0 atom stereocenters. The van der Waals surface area contributed by atoms with E-state index in [2.05, 4.69) is 15.6 Å². The number of aromatic amines is 1. The molecule has 136 valence electrons. The Hall–Kier alpha value is -2.89. The van der Waals surface area contributed by atoms with Crippen LogP contribution in [0.4, 0.5) is 5.69 Å². The summed E-state index contributed by atoms with van der Waals surface area (Å²) in [5.41, 5.74) is 3.42. The summed E-state index contributed by atoms with van der Waals surface area (Å²) >= 11 is 0. The first-order valence-electron chi connectivity index (χ1n) is 8.60. The van der Waals surface area contributed by atoms with E-state index >= 15 is 0 Å². The summed E-state index contributed by atoms with van der Waals surface area (Å²) < 4.78 is 0. The van der Waals surface area contributed by atoms with Crippen molar-refractivity contribution < 1.29 is 14.4 Å². The highest BCUT2D eigenvalue weighted by atomic mass is 16.2. The van der Waals surface area contributed by atoms with Crippen molar-refractivity contribution in [1.29, 1.82) is 0 Å². The Kier molecular flexibility index (Phi) is 4.44. The third-order valence-corrected chi connectivity index (χ3v) is 4.74. The van der Waals surface area contributed by atoms with Gasteiger partial charge in [0.1, 0.15) is 5.69 Å². The first-order valence-corrected chi connectivity index (χ1v) is 8.60. The number of carbonyl (C=O) groups excluding carboxylic acids is 3. The molecule has 0 unspecified atom stereocenters. The van der Waals surface area contributed by atoms with Crippen molar-refractivity contribution in [3.8, 4) is 0 Å². The molecule has 0 bridgehead atoms. The first kappa shape index (κ1) is 17.9. The maximum atomic E-state index is 12.7. The standard InChI is InChI=1S/C20H23N3O3/c1-11-16-14(9-20(2,3)10-15(16)24)23-17(11)19(26)22-13-7-5-6-12(8-13)18(25)21-4/h5-8,23H,9-10H2,1-4H3,(H,21,25)(H,22,26). The quantitative estimate of drug-likeness (QED) is 0.792. The highest BCUT2D eigenvalue weighted by molar-refractivity contribution is 6.09. The molecule has 3 rings (SSSR count). The minimum absolute atomic E-state index is 0.0747. The lowest BCUT2D eigenvalue weighted by Crippen LogP contribution is -2.26. The number of nitrogens with one attached hydrogen (secondary N) is 3. The minimum atomic E-state index is -0.323. The molecular formula is C20H23N3O3. The van der Waals surface area contributed by atoms with E-state index in [-0.39, 0.29) is 23.0 Å². The largest absolute Gasteiger partial charge is 0.355 e. The van der Waals surface area contributed by atoms with Crippen molar-refractivity contribution in [3.63, 3.8) is 0 Å². The van der Waals surface area contributed by atoms with Crippen molar-refractivity contribution >= 4 is 23.3 Å². The van der Waals surface area contributed by atoms with E-state index in [0.29, 0.717) is 34.5 Å². The Bertz CT molecular complexity index is 909. The average molecular weight is 353 g/mol. The van der Waals surface area contributed by atoms with E-state index < -0.39 is 0 Å². The van der Waals surface area contributed by atoms with E-state index in [1.807, 2.05) is 13.8 Å². The van der Waals surface area contributed by atoms with Crippen LogP contribution in [0.2, 0.25) is 0 Å². The number of H-pyrrole nitrogens is 1. The zero-order valence-corrected chi connectivity index (χ0v) is 15.4. The molecule has 1 aliphatic rings. The van der Waals surface area contributed by atoms with Crippen molar-refractivity contribution in [1.82, 2.24) is 10.3 Å². The Labute approximate surface area is 152 Å². The molecule has 26 heavy (non-hydrogen) atoms. The van der Waals surface area contributed by atoms with Crippen molar-refractivity contribution in [2.24, 2.45) is 5.41 Å². The SMILES string of the molecule is CNC(=O)c1cccc(NC(=O)c2[nH]c3c(c2C)C(=O)CC(C)(C)C3)c1. The van der Waals surface area contributed by atoms with Crippen molar-refractivity contribution in [2.75, 3.05) is 12.4 Å². The molecule has 1 heterocycles. The average Bonchev–Trinajstić information content (AvgIpc) is 2.89. The van der Waals surface area contributed by atoms with Crippen LogP contribution in [0.15, 0.2) is 24.3 Å². The van der Waals surface area contributed by atoms with Gasteiger partial charge in [-0.3, -0.25) is 14.4 Å². The van der Waals surface area contributed by atoms with Crippen LogP contribution < -0.4 is 10.6 Å². The maximum absolute atomic E-state index is 12.7. The number of rotatable bonds is 3. The third kappa shape index (κ3) is 3.27. The Morgan fingerprint density at radius 3 is 2.58 bits per heavy atom. The number of fused-ring (bicyclic) bond motifs is 1. The van der Waals surface area contributed by atoms with Crippen LogP contribution in [0, 0.1) is 12.3 Å². The van der Waals surface area contributed by atoms with Gasteiger partial charge >= 0.3 is 0 Å². The van der Waals surface area contributed by atoms with Gasteiger partial charge in [-0.15, -0.1) is 0 Å². The van der Waals surface area contributed by atoms with Gasteiger partial charge in [0.15, 0.2) is 5.78 Å². The molecule has 0 radical (unpaired) electrons. The highest BCUT2D eigenvalue weighted by Gasteiger charge is 2.35. The van der Waals surface area contributed by atoms with Crippen molar-refractivity contribution in [3.05, 3.63) is 52.3 Å². The lowest BCUT2D eigenvalue weighted by atomic mass is 9.75. The van der Waals surface area contributed by atoms with Gasteiger partial charge in [-0.1, -0.05) is 19.9 Å². The Morgan fingerprint density at radius 1 is 1.15 bits per heavy atom. The summed E-state index contributed by atoms with van der Waals surface area (Å²) in [6, 6.07) is 6.71. The number of ketones is 1. The van der Waals surface area contributed by atoms with Crippen LogP contribution in [0.25, 0.3) is 0 Å². The molecule has 6 nitrogen and oxygen atoms in total. The summed E-state index contributed by atoms with van der Waals surface area (Å²) in [5.74, 6) is -0.470. The topological polar surface area (TPSA) is 91.1 Å². The molecule has 0 spiro atoms. The van der Waals surface area contributed by atoms with E-state index in [9.17, 15) is 14.4 Å². The molecule has 1 aromatic carbocycles. The molecule has 2 amide bonds. The summed E-state index contributed by atoms with van der Waals surface area (Å²) in [4.78, 5) is 40.1. The zero-order valence-electron chi connectivity index (χ0n) is 15.4. The number of carbonyl (C=O) groups is 3. The second-order valence-corrected chi connectivity index (χ2v) is 7.53. The molecule has 0 saturated carbocycles. The summed E-state index contributed by atoms with van der Waals surface area (Å²) in [5, 5.41) is 5.35. The minimum Gasteiger partial charge on any atom is -0.355 e. The molecule has 2 aromatic rings. The van der Waals surface area contributed by atoms with Crippen LogP contribution in [0.1, 0.15) is 62.7 Å². The van der Waals surface area contributed by atoms with Gasteiger partial charge in [-0.2, -0.15) is 0 Å². The van der Waals surface area contributed by atoms with Crippen LogP contribution in [-0.4, -0.2) is 29.6 Å². The van der Waals surface area contributed by atoms with E-state index in [1.54, 1.807) is 38.2 Å². The third-order valence-electron chi connectivity index (χ3n) is 4.74. The van der Waals surface area contributed by atoms with Crippen molar-refractivity contribution in [2.45, 2.75) is 33.6 Å². The first-order chi connectivity index (χ1) is 12.2. The maximum Gasteiger partial charge on any atom is 0.272 e. The molecule has 1 aromatic heterocycles. The number of anilines is 1. The predicted octanol–water partition coefficient (Wildman–Crippen LogP) is 3.09. The van der Waals surface area contributed by atoms with Gasteiger partial charge < -0.3 is 15.6 Å². The van der Waals surface area contributed by atoms with Gasteiger partial charge in [-0.25, -0.2) is 0 Å². The number of hydrogen-bond donors (Lipinski definition) is 3. The monoisotopic (exact) mass is 353 g/mol. The van der Waals surface area contributed by atoms with E-state index in [4.69, 9.17) is 0 Å². The number of hydrogen-bond acceptors (Lipinski definition) is 3. The molecule has 6 heteroatoms. The molecule has 0 aliphatic heterocycles. The summed E-state index contributed by atoms with van der Waals surface area (Å²) in [6.07, 6.45) is 1.21. The summed E-state index contributed by atoms with van der Waals surface area (Å²) in [6.45, 7) is 5.89. The van der Waals surface area contributed by atoms with E-state index in [0.717, 1.165) is 12.1 Å². The van der Waals surface area contributed by atoms with Crippen LogP contribution in [0.3, 0.4) is 0 Å². The fourth-order valence-electron chi connectivity index (χ4n) is 3.54. The van der Waals surface area contributed by atoms with Gasteiger partial charge in [0.05, 0.1) is 0 Å². The number of amides is 2. The van der Waals surface area contributed by atoms with Crippen LogP contribution in [0.5, 0.6) is 0 Å². The lowest BCUT2D eigenvalue weighted by Gasteiger charge is -2.28. The predicted molar refractivity (Wildman–Crippen MR) is 99.7 cm³/mol. The smallest absolute Gasteiger partial charge is 0.272 e. The summed E-state index contributed by atoms with van der Waals surface area (Å²) in [7, 11) is 1.55. The zero-order chi connectivity index (χ0) is 19.1. The Balaban J connectivity index is 1.88. The molecule has 0 fully saturated rings. The molecule has 0 saturated heterocycles. The fraction of sp³-hybridized carbons (Fsp3) is 0.350.